The molecule has 0 saturated carbocycles. The van der Waals surface area contributed by atoms with Gasteiger partial charge in [-0.2, -0.15) is 0 Å². The minimum atomic E-state index is -1.05. The average Bonchev–Trinajstić information content (AvgIpc) is 2.32. The van der Waals surface area contributed by atoms with E-state index in [1.807, 2.05) is 0 Å². The third kappa shape index (κ3) is 3.68. The van der Waals surface area contributed by atoms with Gasteiger partial charge in [-0.25, -0.2) is 0 Å². The maximum atomic E-state index is 11.9. The molecule has 0 aromatic carbocycles. The van der Waals surface area contributed by atoms with Crippen molar-refractivity contribution >= 4 is 11.9 Å². The normalized spacial score (nSPS) is 12.1. The Balaban J connectivity index is 4.82. The molecule has 0 aliphatic carbocycles. The average molecular weight is 262 g/mol. The zero-order valence-corrected chi connectivity index (χ0v) is 11.9. The fraction of sp³-hybridized carbons (Fsp3) is 0.833. The number of rotatable bonds is 7. The number of hydrogen-bond donors (Lipinski definition) is 0. The van der Waals surface area contributed by atoms with Gasteiger partial charge in [-0.05, 0) is 27.7 Å². The van der Waals surface area contributed by atoms with Crippen LogP contribution in [-0.4, -0.2) is 39.7 Å². The monoisotopic (exact) mass is 262 g/mol. The van der Waals surface area contributed by atoms with Crippen molar-refractivity contribution in [3.63, 3.8) is 0 Å². The zero-order chi connectivity index (χ0) is 14.4. The Bertz CT molecular complexity index is 265. The molecule has 18 heavy (non-hydrogen) atoms. The fourth-order valence-electron chi connectivity index (χ4n) is 1.10. The second-order valence-corrected chi connectivity index (χ2v) is 4.93. The maximum absolute atomic E-state index is 11.9. The largest absolute Gasteiger partial charge is 0.438 e. The van der Waals surface area contributed by atoms with Crippen molar-refractivity contribution in [2.24, 2.45) is 10.8 Å². The van der Waals surface area contributed by atoms with Gasteiger partial charge in [0.1, 0.15) is 0 Å². The van der Waals surface area contributed by atoms with E-state index >= 15 is 0 Å². The summed E-state index contributed by atoms with van der Waals surface area (Å²) in [5.74, 6) is -1.05. The topological polar surface area (TPSA) is 71.1 Å². The van der Waals surface area contributed by atoms with Crippen molar-refractivity contribution in [1.29, 1.82) is 0 Å². The third-order valence-electron chi connectivity index (χ3n) is 3.20. The molecule has 0 rings (SSSR count). The van der Waals surface area contributed by atoms with Crippen LogP contribution in [0.1, 0.15) is 27.7 Å². The summed E-state index contributed by atoms with van der Waals surface area (Å²) in [6.45, 7) is 6.20. The SMILES string of the molecule is COCOC(=O)C(C)(C)C(C)(C)C(=O)OCOC. The van der Waals surface area contributed by atoms with E-state index in [4.69, 9.17) is 9.47 Å². The summed E-state index contributed by atoms with van der Waals surface area (Å²) in [7, 11) is 2.83. The molecule has 0 saturated heterocycles. The molecule has 0 radical (unpaired) electrons. The second kappa shape index (κ2) is 6.70. The molecule has 6 nitrogen and oxygen atoms in total. The highest BCUT2D eigenvalue weighted by Crippen LogP contribution is 2.40. The van der Waals surface area contributed by atoms with Crippen LogP contribution in [0.2, 0.25) is 0 Å². The van der Waals surface area contributed by atoms with Gasteiger partial charge in [-0.3, -0.25) is 9.59 Å². The predicted molar refractivity (Wildman–Crippen MR) is 63.5 cm³/mol. The van der Waals surface area contributed by atoms with E-state index in [2.05, 4.69) is 9.47 Å². The Morgan fingerprint density at radius 1 is 0.778 bits per heavy atom. The first-order valence-corrected chi connectivity index (χ1v) is 5.54. The lowest BCUT2D eigenvalue weighted by atomic mass is 9.68. The van der Waals surface area contributed by atoms with Crippen LogP contribution in [0.4, 0.5) is 0 Å². The lowest BCUT2D eigenvalue weighted by Gasteiger charge is -2.36. The summed E-state index contributed by atoms with van der Waals surface area (Å²) in [5, 5.41) is 0. The van der Waals surface area contributed by atoms with Gasteiger partial charge in [0.25, 0.3) is 0 Å². The molecule has 0 heterocycles. The number of methoxy groups -OCH3 is 2. The van der Waals surface area contributed by atoms with Crippen LogP contribution in [0.25, 0.3) is 0 Å². The van der Waals surface area contributed by atoms with E-state index in [1.54, 1.807) is 27.7 Å². The third-order valence-corrected chi connectivity index (χ3v) is 3.20. The van der Waals surface area contributed by atoms with E-state index in [0.29, 0.717) is 0 Å². The summed E-state index contributed by atoms with van der Waals surface area (Å²) in [5.41, 5.74) is -2.09. The van der Waals surface area contributed by atoms with Crippen LogP contribution in [-0.2, 0) is 28.5 Å². The molecular weight excluding hydrogens is 240 g/mol. The van der Waals surface area contributed by atoms with Gasteiger partial charge in [-0.15, -0.1) is 0 Å². The first-order chi connectivity index (χ1) is 8.21. The fourth-order valence-corrected chi connectivity index (χ4v) is 1.10. The minimum Gasteiger partial charge on any atom is -0.438 e. The van der Waals surface area contributed by atoms with Crippen molar-refractivity contribution < 1.29 is 28.5 Å². The van der Waals surface area contributed by atoms with Crippen LogP contribution >= 0.6 is 0 Å². The summed E-state index contributed by atoms with van der Waals surface area (Å²) in [6, 6.07) is 0. The Kier molecular flexibility index (Phi) is 6.28. The van der Waals surface area contributed by atoms with Crippen LogP contribution in [0.15, 0.2) is 0 Å². The van der Waals surface area contributed by atoms with E-state index in [9.17, 15) is 9.59 Å². The van der Waals surface area contributed by atoms with E-state index in [1.165, 1.54) is 14.2 Å². The standard InChI is InChI=1S/C12H22O6/c1-11(2,9(13)17-7-15-5)12(3,4)10(14)18-8-16-6/h7-8H2,1-6H3. The Morgan fingerprint density at radius 3 is 1.28 bits per heavy atom. The number of ether oxygens (including phenoxy) is 4. The van der Waals surface area contributed by atoms with Gasteiger partial charge in [0, 0.05) is 14.2 Å². The molecule has 106 valence electrons. The van der Waals surface area contributed by atoms with Crippen molar-refractivity contribution in [2.75, 3.05) is 27.8 Å². The molecular formula is C12H22O6. The summed E-state index contributed by atoms with van der Waals surface area (Å²) < 4.78 is 19.1. The number of esters is 2. The summed E-state index contributed by atoms with van der Waals surface area (Å²) >= 11 is 0. The summed E-state index contributed by atoms with van der Waals surface area (Å²) in [4.78, 5) is 23.8. The van der Waals surface area contributed by atoms with Gasteiger partial charge < -0.3 is 18.9 Å². The Hall–Kier alpha value is -1.14. The molecule has 0 N–H and O–H groups in total. The maximum Gasteiger partial charge on any atom is 0.314 e. The molecule has 0 amide bonds. The Labute approximate surface area is 108 Å². The smallest absolute Gasteiger partial charge is 0.314 e. The van der Waals surface area contributed by atoms with Crippen LogP contribution < -0.4 is 0 Å². The molecule has 0 fully saturated rings. The number of carbonyl (C=O) groups excluding carboxylic acids is 2. The molecule has 0 unspecified atom stereocenters. The number of hydrogen-bond acceptors (Lipinski definition) is 6. The first kappa shape index (κ1) is 16.9. The van der Waals surface area contributed by atoms with Crippen molar-refractivity contribution in [3.8, 4) is 0 Å². The van der Waals surface area contributed by atoms with Gasteiger partial charge in [0.2, 0.25) is 0 Å². The first-order valence-electron chi connectivity index (χ1n) is 5.54. The molecule has 0 aliphatic heterocycles. The van der Waals surface area contributed by atoms with Crippen molar-refractivity contribution in [1.82, 2.24) is 0 Å². The molecule has 6 heteroatoms. The van der Waals surface area contributed by atoms with Crippen molar-refractivity contribution in [2.45, 2.75) is 27.7 Å². The Morgan fingerprint density at radius 2 is 1.06 bits per heavy atom. The van der Waals surface area contributed by atoms with Gasteiger partial charge >= 0.3 is 11.9 Å². The van der Waals surface area contributed by atoms with Gasteiger partial charge in [0.05, 0.1) is 10.8 Å². The summed E-state index contributed by atoms with van der Waals surface area (Å²) in [6.07, 6.45) is 0. The van der Waals surface area contributed by atoms with Gasteiger partial charge in [0.15, 0.2) is 13.6 Å². The molecule has 0 spiro atoms. The van der Waals surface area contributed by atoms with Crippen LogP contribution in [0.3, 0.4) is 0 Å². The van der Waals surface area contributed by atoms with E-state index < -0.39 is 22.8 Å². The molecule has 0 aliphatic rings. The molecule has 0 aromatic rings. The van der Waals surface area contributed by atoms with E-state index in [-0.39, 0.29) is 13.6 Å². The van der Waals surface area contributed by atoms with E-state index in [0.717, 1.165) is 0 Å². The highest BCUT2D eigenvalue weighted by Gasteiger charge is 2.50. The highest BCUT2D eigenvalue weighted by molar-refractivity contribution is 5.87. The lowest BCUT2D eigenvalue weighted by molar-refractivity contribution is -0.186. The quantitative estimate of drug-likeness (QED) is 0.509. The van der Waals surface area contributed by atoms with Crippen LogP contribution in [0, 0.1) is 10.8 Å². The van der Waals surface area contributed by atoms with Crippen molar-refractivity contribution in [3.05, 3.63) is 0 Å². The zero-order valence-electron chi connectivity index (χ0n) is 11.9. The molecule has 0 atom stereocenters. The molecule has 0 bridgehead atoms. The van der Waals surface area contributed by atoms with Gasteiger partial charge in [-0.1, -0.05) is 0 Å². The van der Waals surface area contributed by atoms with Crippen LogP contribution in [0.5, 0.6) is 0 Å². The number of carbonyl (C=O) groups is 2. The second-order valence-electron chi connectivity index (χ2n) is 4.93. The predicted octanol–water partition coefficient (Wildman–Crippen LogP) is 1.33. The molecule has 0 aromatic heterocycles. The highest BCUT2D eigenvalue weighted by atomic mass is 16.7. The lowest BCUT2D eigenvalue weighted by Crippen LogP contribution is -2.47. The minimum absolute atomic E-state index is 0.147.